The Kier molecular flexibility index (Phi) is 3.29. The van der Waals surface area contributed by atoms with Gasteiger partial charge in [-0.05, 0) is 18.6 Å². The first-order chi connectivity index (χ1) is 6.69. The molecule has 0 atom stereocenters. The second-order valence-electron chi connectivity index (χ2n) is 3.14. The third kappa shape index (κ3) is 2.13. The zero-order valence-electron chi connectivity index (χ0n) is 8.49. The lowest BCUT2D eigenvalue weighted by atomic mass is 10.3. The van der Waals surface area contributed by atoms with Crippen LogP contribution >= 0.6 is 0 Å². The first-order valence-corrected chi connectivity index (χ1v) is 4.56. The Balaban J connectivity index is 2.95. The Bertz CT molecular complexity index is 354. The number of nitrogen functional groups attached to an aromatic ring is 1. The summed E-state index contributed by atoms with van der Waals surface area (Å²) in [7, 11) is 1.95. The molecule has 74 valence electrons. The zero-order valence-corrected chi connectivity index (χ0v) is 8.49. The number of nitrogens with two attached hydrogens (primary N) is 1. The molecule has 1 rings (SSSR count). The number of nitrogens with zero attached hydrogens (tertiary/aromatic N) is 3. The van der Waals surface area contributed by atoms with Gasteiger partial charge in [0, 0.05) is 13.6 Å². The Morgan fingerprint density at radius 2 is 2.29 bits per heavy atom. The van der Waals surface area contributed by atoms with Gasteiger partial charge in [0.25, 0.3) is 0 Å². The van der Waals surface area contributed by atoms with Crippen LogP contribution in [0, 0.1) is 11.3 Å². The van der Waals surface area contributed by atoms with E-state index in [-0.39, 0.29) is 0 Å². The van der Waals surface area contributed by atoms with Gasteiger partial charge in [-0.2, -0.15) is 5.26 Å². The van der Waals surface area contributed by atoms with E-state index >= 15 is 0 Å². The molecule has 4 nitrogen and oxygen atoms in total. The zero-order chi connectivity index (χ0) is 10.6. The molecule has 1 heterocycles. The van der Waals surface area contributed by atoms with E-state index in [1.807, 2.05) is 24.1 Å². The largest absolute Gasteiger partial charge is 0.396 e. The van der Waals surface area contributed by atoms with Crippen LogP contribution in [0.15, 0.2) is 12.1 Å². The Morgan fingerprint density at radius 3 is 2.86 bits per heavy atom. The van der Waals surface area contributed by atoms with E-state index in [2.05, 4.69) is 11.9 Å². The summed E-state index contributed by atoms with van der Waals surface area (Å²) in [5, 5.41) is 8.74. The van der Waals surface area contributed by atoms with Crippen LogP contribution in [0.5, 0.6) is 0 Å². The highest BCUT2D eigenvalue weighted by molar-refractivity contribution is 5.55. The van der Waals surface area contributed by atoms with Crippen LogP contribution in [-0.4, -0.2) is 18.6 Å². The maximum absolute atomic E-state index is 8.74. The Morgan fingerprint density at radius 1 is 1.57 bits per heavy atom. The average Bonchev–Trinajstić information content (AvgIpc) is 2.19. The highest BCUT2D eigenvalue weighted by Crippen LogP contribution is 2.14. The summed E-state index contributed by atoms with van der Waals surface area (Å²) in [6.07, 6.45) is 1.05. The molecule has 4 heteroatoms. The molecule has 0 aromatic carbocycles. The van der Waals surface area contributed by atoms with Crippen molar-refractivity contribution in [2.75, 3.05) is 24.2 Å². The Labute approximate surface area is 84.0 Å². The SMILES string of the molecule is CCCN(C)c1ccc(N)c(C#N)n1. The molecule has 0 unspecified atom stereocenters. The highest BCUT2D eigenvalue weighted by atomic mass is 15.2. The minimum absolute atomic E-state index is 0.297. The quantitative estimate of drug-likeness (QED) is 0.782. The van der Waals surface area contributed by atoms with Crippen LogP contribution in [0.25, 0.3) is 0 Å². The van der Waals surface area contributed by atoms with Gasteiger partial charge in [-0.3, -0.25) is 0 Å². The fourth-order valence-corrected chi connectivity index (χ4v) is 1.21. The topological polar surface area (TPSA) is 65.9 Å². The number of anilines is 2. The van der Waals surface area contributed by atoms with Crippen molar-refractivity contribution in [2.24, 2.45) is 0 Å². The van der Waals surface area contributed by atoms with Crippen molar-refractivity contribution in [1.82, 2.24) is 4.98 Å². The molecule has 1 aromatic heterocycles. The number of aromatic nitrogens is 1. The average molecular weight is 190 g/mol. The molecule has 0 bridgehead atoms. The maximum Gasteiger partial charge on any atom is 0.165 e. The van der Waals surface area contributed by atoms with Gasteiger partial charge in [0.2, 0.25) is 0 Å². The Hall–Kier alpha value is -1.76. The van der Waals surface area contributed by atoms with Gasteiger partial charge in [-0.1, -0.05) is 6.92 Å². The molecule has 0 aliphatic heterocycles. The summed E-state index contributed by atoms with van der Waals surface area (Å²) < 4.78 is 0. The van der Waals surface area contributed by atoms with Crippen molar-refractivity contribution >= 4 is 11.5 Å². The van der Waals surface area contributed by atoms with Gasteiger partial charge in [0.05, 0.1) is 5.69 Å². The molecule has 0 aliphatic carbocycles. The minimum atomic E-state index is 0.297. The standard InChI is InChI=1S/C10H14N4/c1-3-6-14(2)10-5-4-8(12)9(7-11)13-10/h4-5H,3,6,12H2,1-2H3. The highest BCUT2D eigenvalue weighted by Gasteiger charge is 2.05. The molecule has 0 fully saturated rings. The van der Waals surface area contributed by atoms with Crippen LogP contribution in [0.4, 0.5) is 11.5 Å². The van der Waals surface area contributed by atoms with Crippen LogP contribution in [0.2, 0.25) is 0 Å². The minimum Gasteiger partial charge on any atom is -0.396 e. The van der Waals surface area contributed by atoms with E-state index < -0.39 is 0 Å². The van der Waals surface area contributed by atoms with Crippen molar-refractivity contribution < 1.29 is 0 Å². The van der Waals surface area contributed by atoms with E-state index in [4.69, 9.17) is 11.0 Å². The normalized spacial score (nSPS) is 9.50. The molecule has 14 heavy (non-hydrogen) atoms. The lowest BCUT2D eigenvalue weighted by molar-refractivity contribution is 0.837. The summed E-state index contributed by atoms with van der Waals surface area (Å²) in [5.41, 5.74) is 6.30. The molecular weight excluding hydrogens is 176 g/mol. The fourth-order valence-electron chi connectivity index (χ4n) is 1.21. The van der Waals surface area contributed by atoms with Crippen molar-refractivity contribution in [2.45, 2.75) is 13.3 Å². The van der Waals surface area contributed by atoms with Crippen LogP contribution < -0.4 is 10.6 Å². The molecule has 1 aromatic rings. The van der Waals surface area contributed by atoms with Gasteiger partial charge in [0.15, 0.2) is 5.69 Å². The molecule has 0 radical (unpaired) electrons. The van der Waals surface area contributed by atoms with Gasteiger partial charge < -0.3 is 10.6 Å². The van der Waals surface area contributed by atoms with E-state index in [0.29, 0.717) is 11.4 Å². The molecule has 0 saturated carbocycles. The third-order valence-corrected chi connectivity index (χ3v) is 1.97. The van der Waals surface area contributed by atoms with E-state index in [0.717, 1.165) is 18.8 Å². The van der Waals surface area contributed by atoms with E-state index in [9.17, 15) is 0 Å². The summed E-state index contributed by atoms with van der Waals surface area (Å²) in [6, 6.07) is 5.51. The van der Waals surface area contributed by atoms with Gasteiger partial charge in [-0.15, -0.1) is 0 Å². The van der Waals surface area contributed by atoms with E-state index in [1.54, 1.807) is 6.07 Å². The predicted molar refractivity (Wildman–Crippen MR) is 56.9 cm³/mol. The molecule has 0 saturated heterocycles. The lowest BCUT2D eigenvalue weighted by Crippen LogP contribution is -2.19. The fraction of sp³-hybridized carbons (Fsp3) is 0.400. The molecule has 2 N–H and O–H groups in total. The smallest absolute Gasteiger partial charge is 0.165 e. The summed E-state index contributed by atoms with van der Waals surface area (Å²) in [4.78, 5) is 6.15. The molecule has 0 spiro atoms. The lowest BCUT2D eigenvalue weighted by Gasteiger charge is -2.17. The summed E-state index contributed by atoms with van der Waals surface area (Å²) >= 11 is 0. The summed E-state index contributed by atoms with van der Waals surface area (Å²) in [5.74, 6) is 0.789. The molecular formula is C10H14N4. The van der Waals surface area contributed by atoms with Crippen LogP contribution in [-0.2, 0) is 0 Å². The maximum atomic E-state index is 8.74. The van der Waals surface area contributed by atoms with Gasteiger partial charge in [-0.25, -0.2) is 4.98 Å². The van der Waals surface area contributed by atoms with Crippen LogP contribution in [0.1, 0.15) is 19.0 Å². The first-order valence-electron chi connectivity index (χ1n) is 4.56. The second-order valence-corrected chi connectivity index (χ2v) is 3.14. The molecule has 0 amide bonds. The number of nitriles is 1. The second kappa shape index (κ2) is 4.47. The van der Waals surface area contributed by atoms with Gasteiger partial charge >= 0.3 is 0 Å². The number of hydrogen-bond acceptors (Lipinski definition) is 4. The van der Waals surface area contributed by atoms with Crippen LogP contribution in [0.3, 0.4) is 0 Å². The summed E-state index contributed by atoms with van der Waals surface area (Å²) in [6.45, 7) is 3.01. The van der Waals surface area contributed by atoms with Crippen molar-refractivity contribution in [3.63, 3.8) is 0 Å². The first kappa shape index (κ1) is 10.3. The van der Waals surface area contributed by atoms with E-state index in [1.165, 1.54) is 0 Å². The third-order valence-electron chi connectivity index (χ3n) is 1.97. The predicted octanol–water partition coefficient (Wildman–Crippen LogP) is 1.38. The van der Waals surface area contributed by atoms with Crippen molar-refractivity contribution in [1.29, 1.82) is 5.26 Å². The molecule has 0 aliphatic rings. The van der Waals surface area contributed by atoms with Gasteiger partial charge in [0.1, 0.15) is 11.9 Å². The number of hydrogen-bond donors (Lipinski definition) is 1. The number of pyridine rings is 1. The monoisotopic (exact) mass is 190 g/mol. The van der Waals surface area contributed by atoms with Crippen molar-refractivity contribution in [3.05, 3.63) is 17.8 Å². The number of rotatable bonds is 3. The van der Waals surface area contributed by atoms with Crippen molar-refractivity contribution in [3.8, 4) is 6.07 Å².